The van der Waals surface area contributed by atoms with E-state index >= 15 is 0 Å². The summed E-state index contributed by atoms with van der Waals surface area (Å²) in [5, 5.41) is 9.58. The second kappa shape index (κ2) is 6.68. The number of fused-ring (bicyclic) bond motifs is 1. The van der Waals surface area contributed by atoms with Gasteiger partial charge in [0, 0.05) is 5.39 Å². The van der Waals surface area contributed by atoms with Gasteiger partial charge in [0.25, 0.3) is 0 Å². The molecule has 0 amide bonds. The van der Waals surface area contributed by atoms with E-state index in [9.17, 15) is 4.57 Å². The van der Waals surface area contributed by atoms with Gasteiger partial charge < -0.3 is 4.52 Å². The zero-order chi connectivity index (χ0) is 15.3. The average molecular weight is 306 g/mol. The maximum atomic E-state index is 12.3. The van der Waals surface area contributed by atoms with Crippen molar-refractivity contribution in [1.82, 2.24) is 4.98 Å². The van der Waals surface area contributed by atoms with Crippen molar-refractivity contribution in [1.29, 1.82) is 5.26 Å². The first-order valence-electron chi connectivity index (χ1n) is 6.50. The van der Waals surface area contributed by atoms with Crippen molar-refractivity contribution < 1.29 is 18.1 Å². The zero-order valence-corrected chi connectivity index (χ0v) is 12.7. The topological polar surface area (TPSA) is 81.4 Å². The Balaban J connectivity index is 2.30. The fourth-order valence-corrected chi connectivity index (χ4v) is 2.94. The van der Waals surface area contributed by atoms with Crippen LogP contribution >= 0.6 is 7.82 Å². The maximum absolute atomic E-state index is 12.3. The number of phosphoric ester groups is 1. The molecule has 2 rings (SSSR count). The lowest BCUT2D eigenvalue weighted by atomic mass is 10.2. The Bertz CT molecular complexity index is 716. The summed E-state index contributed by atoms with van der Waals surface area (Å²) in [5.41, 5.74) is 0.995. The van der Waals surface area contributed by atoms with Gasteiger partial charge in [0.15, 0.2) is 0 Å². The Morgan fingerprint density at radius 2 is 1.90 bits per heavy atom. The second-order valence-corrected chi connectivity index (χ2v) is 5.63. The van der Waals surface area contributed by atoms with Crippen molar-refractivity contribution in [3.63, 3.8) is 0 Å². The molecular weight excluding hydrogens is 291 g/mol. The molecule has 0 N–H and O–H groups in total. The van der Waals surface area contributed by atoms with Gasteiger partial charge in [-0.1, -0.05) is 0 Å². The van der Waals surface area contributed by atoms with E-state index in [4.69, 9.17) is 18.8 Å². The molecule has 1 aromatic carbocycles. The first-order valence-corrected chi connectivity index (χ1v) is 7.96. The molecule has 0 bridgehead atoms. The molecule has 0 saturated carbocycles. The second-order valence-electron chi connectivity index (χ2n) is 4.04. The van der Waals surface area contributed by atoms with Crippen LogP contribution in [0.1, 0.15) is 19.5 Å². The minimum atomic E-state index is -3.61. The molecular formula is C14H15N2O4P. The molecule has 0 aliphatic rings. The van der Waals surface area contributed by atoms with Crippen LogP contribution in [-0.2, 0) is 13.6 Å². The molecule has 1 heterocycles. The van der Waals surface area contributed by atoms with Crippen LogP contribution in [0.2, 0.25) is 0 Å². The molecule has 0 spiro atoms. The number of phosphoric acid groups is 1. The van der Waals surface area contributed by atoms with Crippen LogP contribution in [0, 0.1) is 11.3 Å². The van der Waals surface area contributed by atoms with Crippen LogP contribution in [0.15, 0.2) is 30.3 Å². The highest BCUT2D eigenvalue weighted by Gasteiger charge is 2.27. The number of hydrogen-bond acceptors (Lipinski definition) is 6. The van der Waals surface area contributed by atoms with E-state index in [0.717, 1.165) is 5.39 Å². The van der Waals surface area contributed by atoms with E-state index in [1.165, 1.54) is 0 Å². The first kappa shape index (κ1) is 15.5. The third-order valence-electron chi connectivity index (χ3n) is 2.57. The molecule has 0 aliphatic carbocycles. The SMILES string of the molecule is CCOP(=O)(OCC)Oc1ccc2nc(C#N)ccc2c1. The third-order valence-corrected chi connectivity index (χ3v) is 4.15. The van der Waals surface area contributed by atoms with Gasteiger partial charge in [-0.25, -0.2) is 9.55 Å². The van der Waals surface area contributed by atoms with Crippen molar-refractivity contribution in [2.24, 2.45) is 0 Å². The van der Waals surface area contributed by atoms with Gasteiger partial charge in [0.05, 0.1) is 18.7 Å². The van der Waals surface area contributed by atoms with Gasteiger partial charge in [-0.05, 0) is 44.2 Å². The summed E-state index contributed by atoms with van der Waals surface area (Å²) in [6.45, 7) is 3.86. The lowest BCUT2D eigenvalue weighted by Gasteiger charge is -2.17. The molecule has 6 nitrogen and oxygen atoms in total. The standard InChI is InChI=1S/C14H15N2O4P/c1-3-18-21(17,19-4-2)20-13-7-8-14-11(9-13)5-6-12(10-15)16-14/h5-9H,3-4H2,1-2H3. The quantitative estimate of drug-likeness (QED) is 0.757. The third kappa shape index (κ3) is 3.79. The number of benzene rings is 1. The maximum Gasteiger partial charge on any atom is 0.530 e. The number of nitriles is 1. The molecule has 0 aliphatic heterocycles. The normalized spacial score (nSPS) is 11.3. The summed E-state index contributed by atoms with van der Waals surface area (Å²) in [7, 11) is -3.61. The van der Waals surface area contributed by atoms with Crippen molar-refractivity contribution in [2.45, 2.75) is 13.8 Å². The molecule has 7 heteroatoms. The van der Waals surface area contributed by atoms with Crippen LogP contribution in [0.3, 0.4) is 0 Å². The summed E-state index contributed by atoms with van der Waals surface area (Å²) in [6.07, 6.45) is 0. The molecule has 0 unspecified atom stereocenters. The highest BCUT2D eigenvalue weighted by Crippen LogP contribution is 2.49. The van der Waals surface area contributed by atoms with Gasteiger partial charge in [-0.15, -0.1) is 0 Å². The van der Waals surface area contributed by atoms with Crippen molar-refractivity contribution in [3.05, 3.63) is 36.0 Å². The molecule has 0 atom stereocenters. The number of hydrogen-bond donors (Lipinski definition) is 0. The van der Waals surface area contributed by atoms with E-state index in [0.29, 0.717) is 17.0 Å². The Kier molecular flexibility index (Phi) is 4.92. The van der Waals surface area contributed by atoms with Crippen LogP contribution in [0.4, 0.5) is 0 Å². The number of pyridine rings is 1. The van der Waals surface area contributed by atoms with E-state index in [1.807, 2.05) is 6.07 Å². The van der Waals surface area contributed by atoms with E-state index in [2.05, 4.69) is 4.98 Å². The fourth-order valence-electron chi connectivity index (χ4n) is 1.76. The van der Waals surface area contributed by atoms with Crippen LogP contribution in [0.5, 0.6) is 5.75 Å². The summed E-state index contributed by atoms with van der Waals surface area (Å²) in [5.74, 6) is 0.360. The van der Waals surface area contributed by atoms with Gasteiger partial charge in [-0.2, -0.15) is 5.26 Å². The highest BCUT2D eigenvalue weighted by molar-refractivity contribution is 7.48. The van der Waals surface area contributed by atoms with Gasteiger partial charge in [0.2, 0.25) is 0 Å². The van der Waals surface area contributed by atoms with Gasteiger partial charge in [0.1, 0.15) is 17.5 Å². The van der Waals surface area contributed by atoms with Crippen molar-refractivity contribution >= 4 is 18.7 Å². The van der Waals surface area contributed by atoms with E-state index in [1.54, 1.807) is 44.2 Å². The van der Waals surface area contributed by atoms with E-state index in [-0.39, 0.29) is 13.2 Å². The molecule has 1 aromatic heterocycles. The molecule has 2 aromatic rings. The van der Waals surface area contributed by atoms with E-state index < -0.39 is 7.82 Å². The van der Waals surface area contributed by atoms with Crippen LogP contribution < -0.4 is 4.52 Å². The predicted molar refractivity (Wildman–Crippen MR) is 77.9 cm³/mol. The van der Waals surface area contributed by atoms with Crippen molar-refractivity contribution in [3.8, 4) is 11.8 Å². The lowest BCUT2D eigenvalue weighted by molar-refractivity contribution is 0.167. The summed E-state index contributed by atoms with van der Waals surface area (Å²) in [4.78, 5) is 4.16. The minimum absolute atomic E-state index is 0.220. The fraction of sp³-hybridized carbons (Fsp3) is 0.286. The monoisotopic (exact) mass is 306 g/mol. The molecule has 21 heavy (non-hydrogen) atoms. The number of nitrogens with zero attached hydrogens (tertiary/aromatic N) is 2. The van der Waals surface area contributed by atoms with Gasteiger partial charge >= 0.3 is 7.82 Å². The molecule has 110 valence electrons. The minimum Gasteiger partial charge on any atom is -0.404 e. The van der Waals surface area contributed by atoms with Crippen LogP contribution in [-0.4, -0.2) is 18.2 Å². The summed E-state index contributed by atoms with van der Waals surface area (Å²) < 4.78 is 27.8. The molecule has 0 saturated heterocycles. The Morgan fingerprint density at radius 3 is 2.52 bits per heavy atom. The van der Waals surface area contributed by atoms with Gasteiger partial charge in [-0.3, -0.25) is 9.05 Å². The summed E-state index contributed by atoms with van der Waals surface area (Å²) in [6, 6.07) is 10.3. The largest absolute Gasteiger partial charge is 0.530 e. The lowest BCUT2D eigenvalue weighted by Crippen LogP contribution is -2.02. The number of aromatic nitrogens is 1. The smallest absolute Gasteiger partial charge is 0.404 e. The summed E-state index contributed by atoms with van der Waals surface area (Å²) >= 11 is 0. The number of rotatable bonds is 6. The Hall–Kier alpha value is -1.93. The predicted octanol–water partition coefficient (Wildman–Crippen LogP) is 3.67. The van der Waals surface area contributed by atoms with Crippen molar-refractivity contribution in [2.75, 3.05) is 13.2 Å². The molecule has 0 radical (unpaired) electrons. The first-order chi connectivity index (χ1) is 10.1. The Labute approximate surface area is 122 Å². The zero-order valence-electron chi connectivity index (χ0n) is 11.8. The molecule has 0 fully saturated rings. The average Bonchev–Trinajstić information content (AvgIpc) is 2.47. The Morgan fingerprint density at radius 1 is 1.19 bits per heavy atom. The highest BCUT2D eigenvalue weighted by atomic mass is 31.2. The van der Waals surface area contributed by atoms with Crippen LogP contribution in [0.25, 0.3) is 10.9 Å².